The number of benzene rings is 1. The molecular weight excluding hydrogens is 328 g/mol. The highest BCUT2D eigenvalue weighted by molar-refractivity contribution is 7.85. The fourth-order valence-electron chi connectivity index (χ4n) is 1.83. The number of methoxy groups -OCH3 is 1. The number of hydrogen-bond acceptors (Lipinski definition) is 7. The van der Waals surface area contributed by atoms with E-state index in [-0.39, 0.29) is 17.5 Å². The van der Waals surface area contributed by atoms with Crippen molar-refractivity contribution in [1.82, 2.24) is 0 Å². The summed E-state index contributed by atoms with van der Waals surface area (Å²) in [6.07, 6.45) is 1.06. The Labute approximate surface area is 132 Å². The van der Waals surface area contributed by atoms with Crippen LogP contribution in [0, 0.1) is 10.1 Å². The molecule has 0 bridgehead atoms. The molecule has 0 saturated carbocycles. The Morgan fingerprint density at radius 1 is 1.26 bits per heavy atom. The molecule has 23 heavy (non-hydrogen) atoms. The first kappa shape index (κ1) is 16.8. The molecule has 124 valence electrons. The van der Waals surface area contributed by atoms with Gasteiger partial charge in [0.15, 0.2) is 5.75 Å². The normalized spacial score (nSPS) is 22.5. The fourth-order valence-corrected chi connectivity index (χ4v) is 3.16. The van der Waals surface area contributed by atoms with E-state index in [9.17, 15) is 18.5 Å². The maximum atomic E-state index is 12.5. The zero-order chi connectivity index (χ0) is 17.3. The van der Waals surface area contributed by atoms with Crippen molar-refractivity contribution in [3.63, 3.8) is 0 Å². The number of quaternary nitrogens is 1. The van der Waals surface area contributed by atoms with Gasteiger partial charge in [0.25, 0.3) is 12.0 Å². The molecule has 10 nitrogen and oxygen atoms in total. The summed E-state index contributed by atoms with van der Waals surface area (Å²) in [5.74, 6) is 0.121. The fraction of sp³-hybridized carbons (Fsp3) is 0.333. The van der Waals surface area contributed by atoms with Crippen molar-refractivity contribution >= 4 is 28.3 Å². The first-order valence-electron chi connectivity index (χ1n) is 6.48. The third-order valence-electron chi connectivity index (χ3n) is 3.08. The maximum absolute atomic E-state index is 12.5. The predicted octanol–water partition coefficient (Wildman–Crippen LogP) is 1.40. The van der Waals surface area contributed by atoms with Crippen LogP contribution in [0.5, 0.6) is 5.75 Å². The standard InChI is InChI=1S/C12H15N4O6S/c1-9(2)16(8-13-12(21-3)14-23(16,19)20)22-11-6-4-10(5-7-11)15(17)18/h4-9H,1-3H3/q+1. The predicted molar refractivity (Wildman–Crippen MR) is 81.0 cm³/mol. The molecule has 1 aliphatic rings. The number of hydrogen-bond donors (Lipinski definition) is 0. The first-order chi connectivity index (χ1) is 10.7. The van der Waals surface area contributed by atoms with Crippen LogP contribution < -0.4 is 4.84 Å². The Morgan fingerprint density at radius 3 is 2.30 bits per heavy atom. The van der Waals surface area contributed by atoms with E-state index in [1.165, 1.54) is 31.4 Å². The highest BCUT2D eigenvalue weighted by Crippen LogP contribution is 2.28. The van der Waals surface area contributed by atoms with Crippen LogP contribution in [0.1, 0.15) is 13.8 Å². The van der Waals surface area contributed by atoms with Gasteiger partial charge in [0, 0.05) is 16.2 Å². The molecule has 1 unspecified atom stereocenters. The lowest BCUT2D eigenvalue weighted by atomic mass is 10.3. The van der Waals surface area contributed by atoms with E-state index >= 15 is 0 Å². The van der Waals surface area contributed by atoms with Crippen molar-refractivity contribution in [1.29, 1.82) is 0 Å². The van der Waals surface area contributed by atoms with E-state index in [1.54, 1.807) is 13.8 Å². The van der Waals surface area contributed by atoms with Gasteiger partial charge in [-0.1, -0.05) is 4.40 Å². The minimum atomic E-state index is -4.18. The summed E-state index contributed by atoms with van der Waals surface area (Å²) in [4.78, 5) is 19.5. The van der Waals surface area contributed by atoms with Crippen molar-refractivity contribution in [2.24, 2.45) is 9.39 Å². The summed E-state index contributed by atoms with van der Waals surface area (Å²) in [7, 11) is -2.93. The molecule has 0 spiro atoms. The van der Waals surface area contributed by atoms with Crippen LogP contribution >= 0.6 is 0 Å². The molecule has 0 amide bonds. The molecule has 0 aliphatic carbocycles. The number of hydroxylamine groups is 2. The molecule has 2 rings (SSSR count). The summed E-state index contributed by atoms with van der Waals surface area (Å²) in [6, 6.07) is 4.15. The molecule has 0 fully saturated rings. The highest BCUT2D eigenvalue weighted by atomic mass is 32.2. The summed E-state index contributed by atoms with van der Waals surface area (Å²) in [6.45, 7) is 3.23. The van der Waals surface area contributed by atoms with Crippen molar-refractivity contribution in [2.45, 2.75) is 19.9 Å². The molecule has 0 aromatic heterocycles. The lowest BCUT2D eigenvalue weighted by molar-refractivity contribution is -0.911. The SMILES string of the molecule is COC1=NS(=O)(=O)[N+](Oc2ccc([N+](=O)[O-])cc2)(C(C)C)C=N1. The van der Waals surface area contributed by atoms with Crippen molar-refractivity contribution in [3.8, 4) is 5.75 Å². The average Bonchev–Trinajstić information content (AvgIpc) is 2.49. The third-order valence-corrected chi connectivity index (χ3v) is 4.78. The van der Waals surface area contributed by atoms with Gasteiger partial charge < -0.3 is 4.74 Å². The number of nitrogens with zero attached hydrogens (tertiary/aromatic N) is 4. The molecule has 1 aromatic rings. The van der Waals surface area contributed by atoms with E-state index in [0.717, 1.165) is 6.34 Å². The van der Waals surface area contributed by atoms with Gasteiger partial charge in [-0.25, -0.2) is 0 Å². The number of nitro groups is 1. The van der Waals surface area contributed by atoms with Gasteiger partial charge in [-0.2, -0.15) is 0 Å². The molecular formula is C12H15N4O6S+. The molecule has 11 heteroatoms. The zero-order valence-electron chi connectivity index (χ0n) is 12.6. The number of amidine groups is 1. The largest absolute Gasteiger partial charge is 0.466 e. The lowest BCUT2D eigenvalue weighted by Gasteiger charge is -2.31. The topological polar surface area (TPSA) is 120 Å². The molecule has 0 saturated heterocycles. The minimum absolute atomic E-state index is 0.121. The van der Waals surface area contributed by atoms with Gasteiger partial charge in [-0.15, -0.1) is 13.4 Å². The van der Waals surface area contributed by atoms with Crippen LogP contribution in [0.15, 0.2) is 33.7 Å². The van der Waals surface area contributed by atoms with Crippen LogP contribution in [0.3, 0.4) is 0 Å². The molecule has 1 aromatic carbocycles. The van der Waals surface area contributed by atoms with Gasteiger partial charge in [-0.05, 0) is 26.0 Å². The Morgan fingerprint density at radius 2 is 1.87 bits per heavy atom. The highest BCUT2D eigenvalue weighted by Gasteiger charge is 2.51. The van der Waals surface area contributed by atoms with Crippen molar-refractivity contribution < 1.29 is 27.0 Å². The van der Waals surface area contributed by atoms with E-state index < -0.39 is 25.2 Å². The number of nitro benzene ring substituents is 1. The van der Waals surface area contributed by atoms with Crippen LogP contribution in [-0.2, 0) is 14.9 Å². The smallest absolute Gasteiger partial charge is 0.465 e. The Balaban J connectivity index is 2.42. The minimum Gasteiger partial charge on any atom is -0.466 e. The Hall–Kier alpha value is -2.53. The summed E-state index contributed by atoms with van der Waals surface area (Å²) >= 11 is 0. The lowest BCUT2D eigenvalue weighted by Crippen LogP contribution is -2.59. The summed E-state index contributed by atoms with van der Waals surface area (Å²) in [5, 5.41) is 10.7. The van der Waals surface area contributed by atoms with Gasteiger partial charge >= 0.3 is 16.2 Å². The van der Waals surface area contributed by atoms with Gasteiger partial charge in [0.05, 0.1) is 12.0 Å². The quantitative estimate of drug-likeness (QED) is 0.463. The number of ether oxygens (including phenoxy) is 1. The van der Waals surface area contributed by atoms with Crippen LogP contribution in [0.2, 0.25) is 0 Å². The van der Waals surface area contributed by atoms with E-state index in [1.807, 2.05) is 0 Å². The molecule has 0 radical (unpaired) electrons. The van der Waals surface area contributed by atoms with Gasteiger partial charge in [0.1, 0.15) is 6.04 Å². The zero-order valence-corrected chi connectivity index (χ0v) is 13.4. The second kappa shape index (κ2) is 5.93. The van der Waals surface area contributed by atoms with E-state index in [0.29, 0.717) is 0 Å². The maximum Gasteiger partial charge on any atom is 0.465 e. The second-order valence-electron chi connectivity index (χ2n) is 4.85. The van der Waals surface area contributed by atoms with Gasteiger partial charge in [0.2, 0.25) is 0 Å². The number of aliphatic imine (C=N–C) groups is 1. The molecule has 1 aliphatic heterocycles. The third kappa shape index (κ3) is 3.00. The summed E-state index contributed by atoms with van der Waals surface area (Å²) in [5.41, 5.74) is -0.136. The molecule has 1 heterocycles. The number of non-ortho nitro benzene ring substituents is 1. The van der Waals surface area contributed by atoms with E-state index in [2.05, 4.69) is 9.39 Å². The molecule has 0 N–H and O–H groups in total. The monoisotopic (exact) mass is 343 g/mol. The second-order valence-corrected chi connectivity index (χ2v) is 6.50. The van der Waals surface area contributed by atoms with Crippen LogP contribution in [0.25, 0.3) is 0 Å². The Bertz CT molecular complexity index is 771. The Kier molecular flexibility index (Phi) is 4.34. The van der Waals surface area contributed by atoms with Crippen LogP contribution in [-0.4, -0.2) is 42.9 Å². The number of rotatable bonds is 4. The van der Waals surface area contributed by atoms with E-state index in [4.69, 9.17) is 9.57 Å². The van der Waals surface area contributed by atoms with Gasteiger partial charge in [-0.3, -0.25) is 15.0 Å². The summed E-state index contributed by atoms with van der Waals surface area (Å²) < 4.78 is 32.1. The molecule has 1 atom stereocenters. The van der Waals surface area contributed by atoms with Crippen LogP contribution in [0.4, 0.5) is 5.69 Å². The average molecular weight is 343 g/mol. The van der Waals surface area contributed by atoms with Crippen molar-refractivity contribution in [2.75, 3.05) is 7.11 Å². The first-order valence-corrected chi connectivity index (χ1v) is 7.88. The van der Waals surface area contributed by atoms with Crippen molar-refractivity contribution in [3.05, 3.63) is 34.4 Å².